The van der Waals surface area contributed by atoms with Crippen LogP contribution in [0.4, 0.5) is 0 Å². The van der Waals surface area contributed by atoms with Gasteiger partial charge in [0.1, 0.15) is 25.3 Å². The van der Waals surface area contributed by atoms with E-state index in [4.69, 9.17) is 9.47 Å². The molecule has 3 nitrogen and oxygen atoms in total. The van der Waals surface area contributed by atoms with Crippen molar-refractivity contribution in [1.82, 2.24) is 0 Å². The number of methoxy groups -OCH3 is 2. The van der Waals surface area contributed by atoms with Gasteiger partial charge in [-0.2, -0.15) is 0 Å². The van der Waals surface area contributed by atoms with Gasteiger partial charge in [-0.15, -0.1) is 5.92 Å². The van der Waals surface area contributed by atoms with Crippen LogP contribution in [0.3, 0.4) is 0 Å². The lowest BCUT2D eigenvalue weighted by Crippen LogP contribution is -2.56. The number of rotatable bonds is 6. The van der Waals surface area contributed by atoms with E-state index in [-0.39, 0.29) is 0 Å². The molecule has 0 saturated carbocycles. The number of hydrogen-bond donors (Lipinski definition) is 1. The molecule has 0 aliphatic heterocycles. The molecule has 0 aliphatic rings. The van der Waals surface area contributed by atoms with Crippen molar-refractivity contribution in [1.29, 1.82) is 0 Å². The Balaban J connectivity index is 3.43. The molecule has 0 fully saturated rings. The fraction of sp³-hybridized carbons (Fsp3) is 0.500. The van der Waals surface area contributed by atoms with Crippen LogP contribution in [0.1, 0.15) is 20.8 Å². The first-order chi connectivity index (χ1) is 9.59. The van der Waals surface area contributed by atoms with E-state index in [1.807, 2.05) is 18.2 Å². The van der Waals surface area contributed by atoms with Gasteiger partial charge in [-0.05, 0) is 18.2 Å². The van der Waals surface area contributed by atoms with Crippen molar-refractivity contribution >= 4 is 13.3 Å². The second kappa shape index (κ2) is 7.37. The lowest BCUT2D eigenvalue weighted by Gasteiger charge is -2.33. The van der Waals surface area contributed by atoms with Crippen LogP contribution in [0.25, 0.3) is 0 Å². The molecule has 0 heterocycles. The van der Waals surface area contributed by atoms with Crippen LogP contribution in [0, 0.1) is 11.8 Å². The second-order valence-electron chi connectivity index (χ2n) is 4.73. The summed E-state index contributed by atoms with van der Waals surface area (Å²) in [5.74, 6) is 7.34. The minimum absolute atomic E-state index is 0.579. The minimum Gasteiger partial charge on any atom is -0.497 e. The van der Waals surface area contributed by atoms with Crippen molar-refractivity contribution in [3.8, 4) is 23.3 Å². The van der Waals surface area contributed by atoms with Crippen molar-refractivity contribution in [3.05, 3.63) is 18.2 Å². The summed E-state index contributed by atoms with van der Waals surface area (Å²) in [7, 11) is 1.14. The monoisotopic (exact) mass is 292 g/mol. The lowest BCUT2D eigenvalue weighted by molar-refractivity contribution is 0.298. The molecule has 0 aromatic heterocycles. The van der Waals surface area contributed by atoms with Crippen LogP contribution in [-0.4, -0.2) is 33.1 Å². The highest BCUT2D eigenvalue weighted by Crippen LogP contribution is 2.27. The van der Waals surface area contributed by atoms with Gasteiger partial charge in [-0.25, -0.2) is 0 Å². The Hall–Kier alpha value is -1.44. The molecule has 1 aromatic rings. The molecule has 0 spiro atoms. The summed E-state index contributed by atoms with van der Waals surface area (Å²) in [5, 5.41) is 11.7. The summed E-state index contributed by atoms with van der Waals surface area (Å²) < 4.78 is 10.8. The molecule has 4 heteroatoms. The first kappa shape index (κ1) is 16.6. The molecule has 0 bridgehead atoms. The predicted octanol–water partition coefficient (Wildman–Crippen LogP) is 2.32. The van der Waals surface area contributed by atoms with Crippen LogP contribution in [0.2, 0.25) is 12.1 Å². The number of aliphatic hydroxyl groups excluding tert-OH is 1. The van der Waals surface area contributed by atoms with Gasteiger partial charge in [0, 0.05) is 6.07 Å². The molecular formula is C16H24O3Si. The Bertz CT molecular complexity index is 498. The third kappa shape index (κ3) is 3.00. The zero-order valence-corrected chi connectivity index (χ0v) is 14.0. The van der Waals surface area contributed by atoms with Crippen LogP contribution in [0.15, 0.2) is 18.2 Å². The van der Waals surface area contributed by atoms with E-state index in [0.29, 0.717) is 0 Å². The molecule has 110 valence electrons. The van der Waals surface area contributed by atoms with Gasteiger partial charge in [0.2, 0.25) is 0 Å². The molecule has 20 heavy (non-hydrogen) atoms. The van der Waals surface area contributed by atoms with Crippen molar-refractivity contribution in [3.63, 3.8) is 0 Å². The van der Waals surface area contributed by atoms with Gasteiger partial charge >= 0.3 is 0 Å². The van der Waals surface area contributed by atoms with E-state index < -0.39 is 13.8 Å². The van der Waals surface area contributed by atoms with Gasteiger partial charge in [-0.1, -0.05) is 37.9 Å². The van der Waals surface area contributed by atoms with Crippen molar-refractivity contribution in [2.24, 2.45) is 0 Å². The zero-order valence-electron chi connectivity index (χ0n) is 13.0. The van der Waals surface area contributed by atoms with Crippen LogP contribution in [0.5, 0.6) is 11.5 Å². The highest BCUT2D eigenvalue weighted by molar-refractivity contribution is 6.93. The van der Waals surface area contributed by atoms with Crippen molar-refractivity contribution < 1.29 is 14.6 Å². The van der Waals surface area contributed by atoms with Gasteiger partial charge in [0.15, 0.2) is 0 Å². The van der Waals surface area contributed by atoms with Crippen LogP contribution < -0.4 is 14.7 Å². The molecule has 1 N–H and O–H groups in total. The molecule has 1 aromatic carbocycles. The van der Waals surface area contributed by atoms with E-state index in [0.717, 1.165) is 28.8 Å². The second-order valence-corrected chi connectivity index (χ2v) is 9.54. The van der Waals surface area contributed by atoms with Crippen LogP contribution in [-0.2, 0) is 0 Å². The topological polar surface area (TPSA) is 38.7 Å². The fourth-order valence-electron chi connectivity index (χ4n) is 2.65. The Kier molecular flexibility index (Phi) is 6.12. The van der Waals surface area contributed by atoms with E-state index in [1.54, 1.807) is 21.1 Å². The molecule has 0 amide bonds. The SMILES string of the molecule is CC#CC(O)[Si](CC)(CC)c1ccc(OC)cc1OC. The van der Waals surface area contributed by atoms with Gasteiger partial charge in [0.05, 0.1) is 14.2 Å². The molecule has 0 radical (unpaired) electrons. The summed E-state index contributed by atoms with van der Waals surface area (Å²) in [6.45, 7) is 6.01. The summed E-state index contributed by atoms with van der Waals surface area (Å²) >= 11 is 0. The van der Waals surface area contributed by atoms with E-state index in [9.17, 15) is 5.11 Å². The van der Waals surface area contributed by atoms with Gasteiger partial charge < -0.3 is 14.6 Å². The Morgan fingerprint density at radius 2 is 1.85 bits per heavy atom. The van der Waals surface area contributed by atoms with Crippen molar-refractivity contribution in [2.45, 2.75) is 38.6 Å². The highest BCUT2D eigenvalue weighted by atomic mass is 28.3. The Morgan fingerprint density at radius 3 is 2.30 bits per heavy atom. The minimum atomic E-state index is -2.14. The average molecular weight is 292 g/mol. The maximum Gasteiger partial charge on any atom is 0.138 e. The van der Waals surface area contributed by atoms with E-state index in [1.165, 1.54) is 0 Å². The average Bonchev–Trinajstić information content (AvgIpc) is 2.49. The number of ether oxygens (including phenoxy) is 2. The highest BCUT2D eigenvalue weighted by Gasteiger charge is 2.40. The molecule has 1 rings (SSSR count). The van der Waals surface area contributed by atoms with Crippen molar-refractivity contribution in [2.75, 3.05) is 14.2 Å². The largest absolute Gasteiger partial charge is 0.497 e. The normalized spacial score (nSPS) is 12.3. The third-order valence-corrected chi connectivity index (χ3v) is 9.21. The molecule has 0 saturated heterocycles. The number of aliphatic hydroxyl groups is 1. The smallest absolute Gasteiger partial charge is 0.138 e. The zero-order chi connectivity index (χ0) is 15.2. The maximum atomic E-state index is 10.6. The van der Waals surface area contributed by atoms with Crippen LogP contribution >= 0.6 is 0 Å². The predicted molar refractivity (Wildman–Crippen MR) is 85.4 cm³/mol. The van der Waals surface area contributed by atoms with Gasteiger partial charge in [-0.3, -0.25) is 0 Å². The molecule has 1 unspecified atom stereocenters. The Morgan fingerprint density at radius 1 is 1.20 bits per heavy atom. The first-order valence-corrected chi connectivity index (χ1v) is 9.41. The number of benzene rings is 1. The molecule has 1 atom stereocenters. The summed E-state index contributed by atoms with van der Waals surface area (Å²) in [5.41, 5.74) is -0.579. The van der Waals surface area contributed by atoms with Gasteiger partial charge in [0.25, 0.3) is 0 Å². The maximum absolute atomic E-state index is 10.6. The molecular weight excluding hydrogens is 268 g/mol. The summed E-state index contributed by atoms with van der Waals surface area (Å²) in [6, 6.07) is 7.67. The summed E-state index contributed by atoms with van der Waals surface area (Å²) in [6.07, 6.45) is 0. The fourth-order valence-corrected chi connectivity index (χ4v) is 6.48. The van der Waals surface area contributed by atoms with E-state index in [2.05, 4.69) is 25.7 Å². The van der Waals surface area contributed by atoms with E-state index >= 15 is 0 Å². The Labute approximate surface area is 122 Å². The quantitative estimate of drug-likeness (QED) is 0.646. The summed E-state index contributed by atoms with van der Waals surface area (Å²) in [4.78, 5) is 0. The first-order valence-electron chi connectivity index (χ1n) is 6.92. The lowest BCUT2D eigenvalue weighted by atomic mass is 10.3. The third-order valence-electron chi connectivity index (χ3n) is 4.01. The molecule has 0 aliphatic carbocycles. The number of hydrogen-bond acceptors (Lipinski definition) is 3. The standard InChI is InChI=1S/C16H24O3Si/c1-6-9-16(17)20(7-2,8-3)15-11-10-13(18-4)12-14(15)19-5/h10-12,16-17H,7-8H2,1-5H3.